The van der Waals surface area contributed by atoms with Gasteiger partial charge in [0, 0.05) is 0 Å². The van der Waals surface area contributed by atoms with Crippen LogP contribution in [0.4, 0.5) is 0 Å². The van der Waals surface area contributed by atoms with E-state index in [9.17, 15) is 4.57 Å². The number of hydrogen-bond acceptors (Lipinski definition) is 5. The smallest absolute Gasteiger partial charge is 0.390 e. The van der Waals surface area contributed by atoms with Crippen LogP contribution in [0.1, 0.15) is 0 Å². The zero-order valence-corrected chi connectivity index (χ0v) is 11.4. The van der Waals surface area contributed by atoms with Gasteiger partial charge in [-0.25, -0.2) is 4.57 Å². The van der Waals surface area contributed by atoms with Crippen LogP contribution in [-0.4, -0.2) is 52.9 Å². The van der Waals surface area contributed by atoms with Crippen LogP contribution in [-0.2, 0) is 13.6 Å². The van der Waals surface area contributed by atoms with Crippen molar-refractivity contribution in [2.24, 2.45) is 0 Å². The Morgan fingerprint density at radius 3 is 1.67 bits per heavy atom. The summed E-state index contributed by atoms with van der Waals surface area (Å²) in [6.45, 7) is -0.567. The molecule has 0 saturated carbocycles. The van der Waals surface area contributed by atoms with Crippen molar-refractivity contribution in [1.29, 1.82) is 0 Å². The Balaban J connectivity index is 3.81. The summed E-state index contributed by atoms with van der Waals surface area (Å²) in [4.78, 5) is 9.08. The minimum Gasteiger partial charge on any atom is -0.390 e. The number of rotatable bonds is 8. The standard InChI is InChI=1S/C6H17O6P3/c7-5(3-13)1-11-15(9,10)12-2-6(8)4-14/h5-8H,1-4,13-14H2,(H,9,10). The molecule has 6 nitrogen and oxygen atoms in total. The average molecular weight is 278 g/mol. The van der Waals surface area contributed by atoms with E-state index in [1.54, 1.807) is 0 Å². The van der Waals surface area contributed by atoms with Gasteiger partial charge in [-0.1, -0.05) is 0 Å². The second kappa shape index (κ2) is 8.05. The summed E-state index contributed by atoms with van der Waals surface area (Å²) in [6, 6.07) is 0. The third-order valence-electron chi connectivity index (χ3n) is 1.40. The molecule has 0 saturated heterocycles. The first kappa shape index (κ1) is 15.9. The fraction of sp³-hybridized carbons (Fsp3) is 1.00. The Bertz CT molecular complexity index is 195. The SMILES string of the molecule is O=P(O)(OCC(O)CP)OCC(O)CP. The molecule has 0 radical (unpaired) electrons. The van der Waals surface area contributed by atoms with E-state index >= 15 is 0 Å². The monoisotopic (exact) mass is 278 g/mol. The maximum Gasteiger partial charge on any atom is 0.472 e. The van der Waals surface area contributed by atoms with Crippen molar-refractivity contribution in [3.05, 3.63) is 0 Å². The molecule has 0 bridgehead atoms. The number of phosphoric acid groups is 1. The van der Waals surface area contributed by atoms with Crippen molar-refractivity contribution in [2.75, 3.05) is 25.5 Å². The molecule has 0 amide bonds. The molecule has 4 atom stereocenters. The molecule has 4 unspecified atom stereocenters. The van der Waals surface area contributed by atoms with Crippen molar-refractivity contribution in [3.8, 4) is 0 Å². The Morgan fingerprint density at radius 1 is 1.07 bits per heavy atom. The molecule has 0 aliphatic rings. The van der Waals surface area contributed by atoms with Crippen molar-refractivity contribution in [2.45, 2.75) is 12.2 Å². The predicted octanol–water partition coefficient (Wildman–Crippen LogP) is -0.408. The topological polar surface area (TPSA) is 96.2 Å². The number of hydrogen-bond donors (Lipinski definition) is 3. The normalized spacial score (nSPS) is 19.5. The van der Waals surface area contributed by atoms with Crippen LogP contribution in [0, 0.1) is 0 Å². The molecular formula is C6H17O6P3. The van der Waals surface area contributed by atoms with Crippen LogP contribution in [0.15, 0.2) is 0 Å². The molecule has 92 valence electrons. The quantitative estimate of drug-likeness (QED) is 0.522. The summed E-state index contributed by atoms with van der Waals surface area (Å²) >= 11 is 0. The summed E-state index contributed by atoms with van der Waals surface area (Å²) in [5.74, 6) is 0. The van der Waals surface area contributed by atoms with Crippen molar-refractivity contribution in [3.63, 3.8) is 0 Å². The van der Waals surface area contributed by atoms with Gasteiger partial charge in [0.25, 0.3) is 0 Å². The molecule has 0 aliphatic carbocycles. The van der Waals surface area contributed by atoms with Crippen LogP contribution in [0.3, 0.4) is 0 Å². The van der Waals surface area contributed by atoms with Crippen LogP contribution >= 0.6 is 26.3 Å². The van der Waals surface area contributed by atoms with Gasteiger partial charge in [-0.15, -0.1) is 18.5 Å². The van der Waals surface area contributed by atoms with Gasteiger partial charge in [0.15, 0.2) is 0 Å². The van der Waals surface area contributed by atoms with Gasteiger partial charge in [0.2, 0.25) is 0 Å². The first-order chi connectivity index (χ1) is 6.91. The molecule has 15 heavy (non-hydrogen) atoms. The highest BCUT2D eigenvalue weighted by Crippen LogP contribution is 2.43. The molecule has 0 aromatic carbocycles. The van der Waals surface area contributed by atoms with E-state index in [0.717, 1.165) is 0 Å². The van der Waals surface area contributed by atoms with E-state index in [1.807, 2.05) is 0 Å². The highest BCUT2D eigenvalue weighted by molar-refractivity contribution is 7.47. The van der Waals surface area contributed by atoms with E-state index in [1.165, 1.54) is 0 Å². The Hall–Kier alpha value is 0.890. The average Bonchev–Trinajstić information content (AvgIpc) is 2.22. The van der Waals surface area contributed by atoms with Gasteiger partial charge in [-0.2, -0.15) is 0 Å². The third kappa shape index (κ3) is 8.67. The van der Waals surface area contributed by atoms with E-state index < -0.39 is 20.0 Å². The summed E-state index contributed by atoms with van der Waals surface area (Å²) in [5.41, 5.74) is 0. The molecule has 9 heteroatoms. The first-order valence-corrected chi connectivity index (χ1v) is 7.42. The molecule has 3 N–H and O–H groups in total. The third-order valence-corrected chi connectivity index (χ3v) is 3.44. The molecule has 0 heterocycles. The minimum atomic E-state index is -4.17. The van der Waals surface area contributed by atoms with Gasteiger partial charge in [-0.05, 0) is 12.3 Å². The maximum absolute atomic E-state index is 11.1. The van der Waals surface area contributed by atoms with Crippen LogP contribution in [0.25, 0.3) is 0 Å². The van der Waals surface area contributed by atoms with Crippen LogP contribution in [0.2, 0.25) is 0 Å². The number of aliphatic hydroxyl groups is 2. The van der Waals surface area contributed by atoms with Gasteiger partial charge >= 0.3 is 7.82 Å². The van der Waals surface area contributed by atoms with Crippen molar-refractivity contribution in [1.82, 2.24) is 0 Å². The van der Waals surface area contributed by atoms with Gasteiger partial charge in [-0.3, -0.25) is 9.05 Å². The molecule has 0 spiro atoms. The van der Waals surface area contributed by atoms with E-state index in [0.29, 0.717) is 12.3 Å². The summed E-state index contributed by atoms with van der Waals surface area (Å²) in [5, 5.41) is 18.1. The minimum absolute atomic E-state index is 0.283. The highest BCUT2D eigenvalue weighted by atomic mass is 31.2. The maximum atomic E-state index is 11.1. The molecule has 0 aromatic rings. The van der Waals surface area contributed by atoms with Gasteiger partial charge < -0.3 is 15.1 Å². The van der Waals surface area contributed by atoms with Gasteiger partial charge in [0.1, 0.15) is 0 Å². The number of phosphoric ester groups is 1. The summed E-state index contributed by atoms with van der Waals surface area (Å²) in [6.07, 6.45) is -0.973. The van der Waals surface area contributed by atoms with E-state index in [-0.39, 0.29) is 13.2 Å². The largest absolute Gasteiger partial charge is 0.472 e. The Kier molecular flexibility index (Phi) is 8.53. The molecule has 0 fully saturated rings. The molecular weight excluding hydrogens is 261 g/mol. The fourth-order valence-electron chi connectivity index (χ4n) is 0.534. The van der Waals surface area contributed by atoms with E-state index in [4.69, 9.17) is 15.1 Å². The van der Waals surface area contributed by atoms with Crippen LogP contribution in [0.5, 0.6) is 0 Å². The molecule has 0 aromatic heterocycles. The first-order valence-electron chi connectivity index (χ1n) is 4.29. The summed E-state index contributed by atoms with van der Waals surface area (Å²) in [7, 11) is 0.384. The Morgan fingerprint density at radius 2 is 1.40 bits per heavy atom. The van der Waals surface area contributed by atoms with Gasteiger partial charge in [0.05, 0.1) is 25.4 Å². The van der Waals surface area contributed by atoms with E-state index in [2.05, 4.69) is 27.5 Å². The lowest BCUT2D eigenvalue weighted by molar-refractivity contribution is 0.0615. The lowest BCUT2D eigenvalue weighted by Crippen LogP contribution is -2.19. The highest BCUT2D eigenvalue weighted by Gasteiger charge is 2.23. The van der Waals surface area contributed by atoms with Crippen LogP contribution < -0.4 is 0 Å². The lowest BCUT2D eigenvalue weighted by atomic mass is 10.4. The van der Waals surface area contributed by atoms with Crippen molar-refractivity contribution < 1.29 is 28.7 Å². The second-order valence-electron chi connectivity index (χ2n) is 2.84. The lowest BCUT2D eigenvalue weighted by Gasteiger charge is -2.15. The predicted molar refractivity (Wildman–Crippen MR) is 62.9 cm³/mol. The second-order valence-corrected chi connectivity index (χ2v) is 5.24. The molecule has 0 aliphatic heterocycles. The number of aliphatic hydroxyl groups excluding tert-OH is 2. The fourth-order valence-corrected chi connectivity index (χ4v) is 1.60. The Labute approximate surface area is 93.4 Å². The zero-order valence-electron chi connectivity index (χ0n) is 8.15. The van der Waals surface area contributed by atoms with Crippen molar-refractivity contribution >= 4 is 26.3 Å². The summed E-state index contributed by atoms with van der Waals surface area (Å²) < 4.78 is 20.1. The molecule has 0 rings (SSSR count). The zero-order chi connectivity index (χ0) is 11.9.